The van der Waals surface area contributed by atoms with Crippen LogP contribution >= 0.6 is 11.5 Å². The highest BCUT2D eigenvalue weighted by Crippen LogP contribution is 2.48. The number of aryl methyl sites for hydroxylation is 1. The van der Waals surface area contributed by atoms with Crippen molar-refractivity contribution in [1.82, 2.24) is 29.6 Å². The smallest absolute Gasteiger partial charge is 0.275 e. The fourth-order valence-electron chi connectivity index (χ4n) is 3.76. The Labute approximate surface area is 143 Å². The van der Waals surface area contributed by atoms with E-state index in [1.165, 1.54) is 11.5 Å². The Hall–Kier alpha value is -2.29. The van der Waals surface area contributed by atoms with Gasteiger partial charge >= 0.3 is 0 Å². The molecule has 0 atom stereocenters. The van der Waals surface area contributed by atoms with Gasteiger partial charge in [-0.3, -0.25) is 14.3 Å². The van der Waals surface area contributed by atoms with E-state index in [1.54, 1.807) is 29.5 Å². The van der Waals surface area contributed by atoms with Crippen molar-refractivity contribution in [2.45, 2.75) is 25.3 Å². The quantitative estimate of drug-likeness (QED) is 0.883. The van der Waals surface area contributed by atoms with E-state index in [2.05, 4.69) is 20.0 Å². The van der Waals surface area contributed by atoms with Gasteiger partial charge in [-0.1, -0.05) is 4.49 Å². The third-order valence-corrected chi connectivity index (χ3v) is 5.47. The predicted molar refractivity (Wildman–Crippen MR) is 86.6 cm³/mol. The third-order valence-electron chi connectivity index (χ3n) is 4.97. The Morgan fingerprint density at radius 3 is 2.92 bits per heavy atom. The molecule has 0 radical (unpaired) electrons. The van der Waals surface area contributed by atoms with Crippen molar-refractivity contribution >= 4 is 23.3 Å². The molecule has 1 spiro atoms. The van der Waals surface area contributed by atoms with Crippen molar-refractivity contribution in [3.8, 4) is 0 Å². The molecule has 8 nitrogen and oxygen atoms in total. The van der Waals surface area contributed by atoms with Crippen LogP contribution < -0.4 is 5.32 Å². The number of hydrogen-bond donors (Lipinski definition) is 1. The minimum atomic E-state index is -0.0811. The van der Waals surface area contributed by atoms with E-state index in [4.69, 9.17) is 0 Å². The van der Waals surface area contributed by atoms with E-state index in [0.29, 0.717) is 11.3 Å². The van der Waals surface area contributed by atoms with Crippen LogP contribution in [0.3, 0.4) is 0 Å². The standard InChI is InChI=1S/C15H18N6O2S/c1-20-7-10(6-16-20)13(22)17-11-4-15(5-11)2-3-21(9-15)14(23)12-8-24-19-18-12/h6-8,11H,2-5,9H2,1H3,(H,17,22). The lowest BCUT2D eigenvalue weighted by Crippen LogP contribution is -2.52. The summed E-state index contributed by atoms with van der Waals surface area (Å²) in [6, 6.07) is 0.175. The molecule has 2 fully saturated rings. The summed E-state index contributed by atoms with van der Waals surface area (Å²) >= 11 is 1.19. The van der Waals surface area contributed by atoms with Crippen molar-refractivity contribution < 1.29 is 9.59 Å². The Kier molecular flexibility index (Phi) is 3.60. The van der Waals surface area contributed by atoms with Crippen LogP contribution in [-0.4, -0.2) is 55.2 Å². The molecule has 2 amide bonds. The van der Waals surface area contributed by atoms with Crippen molar-refractivity contribution in [3.63, 3.8) is 0 Å². The number of nitrogens with zero attached hydrogens (tertiary/aromatic N) is 5. The first-order valence-corrected chi connectivity index (χ1v) is 8.74. The van der Waals surface area contributed by atoms with Gasteiger partial charge < -0.3 is 10.2 Å². The third kappa shape index (κ3) is 2.68. The van der Waals surface area contributed by atoms with Gasteiger partial charge in [0.1, 0.15) is 0 Å². The maximum Gasteiger partial charge on any atom is 0.275 e. The van der Waals surface area contributed by atoms with Crippen molar-refractivity contribution in [3.05, 3.63) is 29.0 Å². The molecule has 4 rings (SSSR count). The maximum absolute atomic E-state index is 12.3. The van der Waals surface area contributed by atoms with Crippen LogP contribution in [0.1, 0.15) is 40.1 Å². The molecular weight excluding hydrogens is 328 g/mol. The first-order valence-electron chi connectivity index (χ1n) is 7.91. The monoisotopic (exact) mass is 346 g/mol. The molecule has 2 aliphatic rings. The number of aromatic nitrogens is 4. The van der Waals surface area contributed by atoms with Gasteiger partial charge in [-0.05, 0) is 36.2 Å². The first kappa shape index (κ1) is 15.3. The largest absolute Gasteiger partial charge is 0.349 e. The number of likely N-dealkylation sites (tertiary alicyclic amines) is 1. The summed E-state index contributed by atoms with van der Waals surface area (Å²) in [6.07, 6.45) is 6.09. The highest BCUT2D eigenvalue weighted by molar-refractivity contribution is 7.03. The molecule has 0 aromatic carbocycles. The topological polar surface area (TPSA) is 93.0 Å². The summed E-state index contributed by atoms with van der Waals surface area (Å²) in [5.74, 6) is -0.120. The summed E-state index contributed by atoms with van der Waals surface area (Å²) in [5.41, 5.74) is 1.15. The summed E-state index contributed by atoms with van der Waals surface area (Å²) in [7, 11) is 1.79. The second kappa shape index (κ2) is 5.66. The number of carbonyl (C=O) groups is 2. The van der Waals surface area contributed by atoms with Crippen LogP contribution in [0.5, 0.6) is 0 Å². The molecule has 3 heterocycles. The van der Waals surface area contributed by atoms with Crippen LogP contribution in [0.15, 0.2) is 17.8 Å². The SMILES string of the molecule is Cn1cc(C(=O)NC2CC3(CCN(C(=O)c4csnn4)C3)C2)cn1. The summed E-state index contributed by atoms with van der Waals surface area (Å²) < 4.78 is 5.37. The summed E-state index contributed by atoms with van der Waals surface area (Å²) in [5, 5.41) is 12.6. The van der Waals surface area contributed by atoms with E-state index < -0.39 is 0 Å². The average molecular weight is 346 g/mol. The zero-order valence-corrected chi connectivity index (χ0v) is 14.1. The zero-order chi connectivity index (χ0) is 16.7. The number of hydrogen-bond acceptors (Lipinski definition) is 6. The lowest BCUT2D eigenvalue weighted by molar-refractivity contribution is 0.0607. The predicted octanol–water partition coefficient (Wildman–Crippen LogP) is 0.696. The van der Waals surface area contributed by atoms with Gasteiger partial charge in [-0.25, -0.2) is 0 Å². The van der Waals surface area contributed by atoms with Crippen molar-refractivity contribution in [1.29, 1.82) is 0 Å². The van der Waals surface area contributed by atoms with Gasteiger partial charge in [0.15, 0.2) is 5.69 Å². The highest BCUT2D eigenvalue weighted by atomic mass is 32.1. The van der Waals surface area contributed by atoms with Gasteiger partial charge in [0.25, 0.3) is 11.8 Å². The van der Waals surface area contributed by atoms with Gasteiger partial charge in [-0.2, -0.15) is 5.10 Å². The van der Waals surface area contributed by atoms with Gasteiger partial charge in [-0.15, -0.1) is 5.10 Å². The highest BCUT2D eigenvalue weighted by Gasteiger charge is 2.50. The number of carbonyl (C=O) groups excluding carboxylic acids is 2. The normalized spacial score (nSPS) is 25.7. The Morgan fingerprint density at radius 1 is 1.42 bits per heavy atom. The minimum absolute atomic E-state index is 0.0385. The minimum Gasteiger partial charge on any atom is -0.349 e. The van der Waals surface area contributed by atoms with E-state index in [-0.39, 0.29) is 23.3 Å². The molecule has 1 saturated carbocycles. The summed E-state index contributed by atoms with van der Waals surface area (Å²) in [4.78, 5) is 26.3. The maximum atomic E-state index is 12.3. The molecule has 24 heavy (non-hydrogen) atoms. The van der Waals surface area contributed by atoms with Gasteiger partial charge in [0, 0.05) is 37.8 Å². The number of amides is 2. The Balaban J connectivity index is 1.31. The van der Waals surface area contributed by atoms with Crippen molar-refractivity contribution in [2.75, 3.05) is 13.1 Å². The molecular formula is C15H18N6O2S. The molecule has 9 heteroatoms. The average Bonchev–Trinajstić information content (AvgIpc) is 3.26. The number of nitrogens with one attached hydrogen (secondary N) is 1. The lowest BCUT2D eigenvalue weighted by atomic mass is 9.65. The molecule has 2 aromatic rings. The molecule has 2 aromatic heterocycles. The van der Waals surface area contributed by atoms with E-state index >= 15 is 0 Å². The molecule has 126 valence electrons. The van der Waals surface area contributed by atoms with Crippen LogP contribution in [0.4, 0.5) is 0 Å². The fourth-order valence-corrected chi connectivity index (χ4v) is 4.19. The Bertz CT molecular complexity index is 765. The lowest BCUT2D eigenvalue weighted by Gasteiger charge is -2.45. The van der Waals surface area contributed by atoms with E-state index in [9.17, 15) is 9.59 Å². The first-order chi connectivity index (χ1) is 11.5. The molecule has 0 unspecified atom stereocenters. The van der Waals surface area contributed by atoms with Gasteiger partial charge in [0.2, 0.25) is 0 Å². The second-order valence-electron chi connectivity index (χ2n) is 6.75. The van der Waals surface area contributed by atoms with E-state index in [1.807, 2.05) is 4.90 Å². The second-order valence-corrected chi connectivity index (χ2v) is 7.36. The summed E-state index contributed by atoms with van der Waals surface area (Å²) in [6.45, 7) is 1.49. The molecule has 1 aliphatic heterocycles. The van der Waals surface area contributed by atoms with Crippen LogP contribution in [0.2, 0.25) is 0 Å². The van der Waals surface area contributed by atoms with E-state index in [0.717, 1.165) is 32.4 Å². The Morgan fingerprint density at radius 2 is 2.25 bits per heavy atom. The van der Waals surface area contributed by atoms with Gasteiger partial charge in [0.05, 0.1) is 11.8 Å². The molecule has 1 saturated heterocycles. The fraction of sp³-hybridized carbons (Fsp3) is 0.533. The zero-order valence-electron chi connectivity index (χ0n) is 13.3. The molecule has 0 bridgehead atoms. The molecule has 1 aliphatic carbocycles. The van der Waals surface area contributed by atoms with Crippen LogP contribution in [0, 0.1) is 5.41 Å². The van der Waals surface area contributed by atoms with Crippen LogP contribution in [-0.2, 0) is 7.05 Å². The van der Waals surface area contributed by atoms with Crippen molar-refractivity contribution in [2.24, 2.45) is 12.5 Å². The number of rotatable bonds is 3. The molecule has 1 N–H and O–H groups in total. The van der Waals surface area contributed by atoms with Crippen LogP contribution in [0.25, 0.3) is 0 Å².